The van der Waals surface area contributed by atoms with E-state index in [0.29, 0.717) is 20.5 Å². The highest BCUT2D eigenvalue weighted by Crippen LogP contribution is 2.35. The third kappa shape index (κ3) is 5.70. The molecule has 3 aromatic rings. The average molecular weight is 483 g/mol. The molecule has 0 bridgehead atoms. The molecule has 162 valence electrons. The van der Waals surface area contributed by atoms with Crippen molar-refractivity contribution in [2.24, 2.45) is 0 Å². The molecule has 0 fully saturated rings. The van der Waals surface area contributed by atoms with Crippen LogP contribution in [0.15, 0.2) is 46.3 Å². The van der Waals surface area contributed by atoms with E-state index in [9.17, 15) is 13.6 Å². The van der Waals surface area contributed by atoms with Gasteiger partial charge in [-0.25, -0.2) is 4.98 Å². The van der Waals surface area contributed by atoms with Crippen molar-refractivity contribution in [3.8, 4) is 0 Å². The quantitative estimate of drug-likeness (QED) is 0.482. The van der Waals surface area contributed by atoms with Crippen molar-refractivity contribution in [2.75, 3.05) is 6.54 Å². The van der Waals surface area contributed by atoms with E-state index in [2.05, 4.69) is 20.5 Å². The van der Waals surface area contributed by atoms with Gasteiger partial charge in [-0.15, -0.1) is 10.2 Å². The van der Waals surface area contributed by atoms with Gasteiger partial charge in [-0.3, -0.25) is 4.79 Å². The van der Waals surface area contributed by atoms with Crippen LogP contribution in [0, 0.1) is 20.8 Å². The average Bonchev–Trinajstić information content (AvgIpc) is 2.70. The summed E-state index contributed by atoms with van der Waals surface area (Å²) < 4.78 is 29.5. The van der Waals surface area contributed by atoms with Gasteiger partial charge < -0.3 is 5.32 Å². The van der Waals surface area contributed by atoms with Crippen molar-refractivity contribution in [2.45, 2.75) is 36.6 Å². The number of hydrogen-bond donors (Lipinski definition) is 1. The van der Waals surface area contributed by atoms with Gasteiger partial charge in [0.1, 0.15) is 5.82 Å². The Labute approximate surface area is 192 Å². The Hall–Kier alpha value is -2.29. The van der Waals surface area contributed by atoms with Crippen molar-refractivity contribution in [1.29, 1.82) is 0 Å². The van der Waals surface area contributed by atoms with E-state index in [1.165, 1.54) is 6.07 Å². The third-order valence-electron chi connectivity index (χ3n) is 4.32. The molecule has 0 saturated heterocycles. The summed E-state index contributed by atoms with van der Waals surface area (Å²) in [6.45, 7) is 4.10. The lowest BCUT2D eigenvalue weighted by molar-refractivity contribution is -0.00316. The van der Waals surface area contributed by atoms with Crippen LogP contribution in [-0.2, 0) is 5.92 Å². The molecule has 0 spiro atoms. The summed E-state index contributed by atoms with van der Waals surface area (Å²) in [6.07, 6.45) is 0. The van der Waals surface area contributed by atoms with Crippen LogP contribution in [-0.4, -0.2) is 27.6 Å². The number of nitrogens with one attached hydrogen (secondary N) is 1. The second-order valence-corrected chi connectivity index (χ2v) is 8.77. The second-order valence-electron chi connectivity index (χ2n) is 6.90. The molecule has 31 heavy (non-hydrogen) atoms. The molecular weight excluding hydrogens is 465 g/mol. The zero-order valence-corrected chi connectivity index (χ0v) is 19.2. The number of amides is 1. The van der Waals surface area contributed by atoms with E-state index in [1.807, 2.05) is 6.92 Å². The highest BCUT2D eigenvalue weighted by molar-refractivity contribution is 7.99. The van der Waals surface area contributed by atoms with Gasteiger partial charge in [0, 0.05) is 15.5 Å². The van der Waals surface area contributed by atoms with E-state index in [-0.39, 0.29) is 22.1 Å². The summed E-state index contributed by atoms with van der Waals surface area (Å²) >= 11 is 13.2. The minimum Gasteiger partial charge on any atom is -0.344 e. The topological polar surface area (TPSA) is 67.8 Å². The molecule has 10 heteroatoms. The SMILES string of the molecule is Cc1ccc(C(F)(F)CNC(=O)c2nc(C)nnc2Sc2cc(Cl)ccc2Cl)c(C)c1. The van der Waals surface area contributed by atoms with Gasteiger partial charge in [-0.2, -0.15) is 8.78 Å². The molecular formula is C21H18Cl2F2N4OS. The number of rotatable bonds is 6. The fourth-order valence-electron chi connectivity index (χ4n) is 2.87. The number of nitrogens with zero attached hydrogens (tertiary/aromatic N) is 3. The highest BCUT2D eigenvalue weighted by atomic mass is 35.5. The molecule has 1 N–H and O–H groups in total. The van der Waals surface area contributed by atoms with Gasteiger partial charge in [0.2, 0.25) is 0 Å². The highest BCUT2D eigenvalue weighted by Gasteiger charge is 2.34. The van der Waals surface area contributed by atoms with E-state index in [0.717, 1.165) is 17.3 Å². The lowest BCUT2D eigenvalue weighted by atomic mass is 10.0. The maximum absolute atomic E-state index is 14.7. The largest absolute Gasteiger partial charge is 0.344 e. The third-order valence-corrected chi connectivity index (χ3v) is 6.03. The first-order chi connectivity index (χ1) is 14.6. The summed E-state index contributed by atoms with van der Waals surface area (Å²) in [6, 6.07) is 9.48. The van der Waals surface area contributed by atoms with Gasteiger partial charge in [-0.05, 0) is 44.5 Å². The van der Waals surface area contributed by atoms with Gasteiger partial charge in [-0.1, -0.05) is 58.7 Å². The van der Waals surface area contributed by atoms with E-state index >= 15 is 0 Å². The van der Waals surface area contributed by atoms with Gasteiger partial charge in [0.15, 0.2) is 10.7 Å². The van der Waals surface area contributed by atoms with Crippen LogP contribution in [0.1, 0.15) is 33.0 Å². The van der Waals surface area contributed by atoms with Gasteiger partial charge in [0.25, 0.3) is 11.8 Å². The molecule has 0 aliphatic heterocycles. The fourth-order valence-corrected chi connectivity index (χ4v) is 4.21. The Morgan fingerprint density at radius 2 is 1.84 bits per heavy atom. The molecule has 1 heterocycles. The lowest BCUT2D eigenvalue weighted by Gasteiger charge is -2.20. The standard InChI is InChI=1S/C21H18Cl2F2N4OS/c1-11-4-6-15(12(2)8-11)21(24,25)10-26-19(30)18-20(29-28-13(3)27-18)31-17-9-14(22)5-7-16(17)23/h4-9H,10H2,1-3H3,(H,26,30). The van der Waals surface area contributed by atoms with Crippen molar-refractivity contribution in [3.63, 3.8) is 0 Å². The van der Waals surface area contributed by atoms with Crippen LogP contribution < -0.4 is 5.32 Å². The molecule has 0 aliphatic carbocycles. The summed E-state index contributed by atoms with van der Waals surface area (Å²) in [4.78, 5) is 17.4. The molecule has 3 rings (SSSR count). The van der Waals surface area contributed by atoms with Crippen molar-refractivity contribution < 1.29 is 13.6 Å². The number of benzene rings is 2. The first-order valence-corrected chi connectivity index (χ1v) is 10.7. The maximum atomic E-state index is 14.7. The number of alkyl halides is 2. The number of hydrogen-bond acceptors (Lipinski definition) is 5. The Morgan fingerprint density at radius 3 is 2.55 bits per heavy atom. The predicted octanol–water partition coefficient (Wildman–Crippen LogP) is 5.78. The normalized spacial score (nSPS) is 11.5. The molecule has 1 amide bonds. The number of halogens is 4. The Bertz CT molecular complexity index is 1140. The molecule has 0 aliphatic rings. The number of aromatic nitrogens is 3. The predicted molar refractivity (Wildman–Crippen MR) is 117 cm³/mol. The molecule has 2 aromatic carbocycles. The van der Waals surface area contributed by atoms with Crippen LogP contribution in [0.5, 0.6) is 0 Å². The van der Waals surface area contributed by atoms with E-state index in [4.69, 9.17) is 23.2 Å². The monoisotopic (exact) mass is 482 g/mol. The molecule has 1 aromatic heterocycles. The summed E-state index contributed by atoms with van der Waals surface area (Å²) in [5.74, 6) is -3.82. The van der Waals surface area contributed by atoms with Gasteiger partial charge >= 0.3 is 0 Å². The fraction of sp³-hybridized carbons (Fsp3) is 0.238. The number of carbonyl (C=O) groups excluding carboxylic acids is 1. The van der Waals surface area contributed by atoms with E-state index in [1.54, 1.807) is 44.2 Å². The minimum absolute atomic E-state index is 0.120. The Morgan fingerprint density at radius 1 is 1.10 bits per heavy atom. The van der Waals surface area contributed by atoms with Crippen LogP contribution in [0.4, 0.5) is 8.78 Å². The summed E-state index contributed by atoms with van der Waals surface area (Å²) in [5.41, 5.74) is 1.07. The summed E-state index contributed by atoms with van der Waals surface area (Å²) in [5, 5.41) is 11.1. The zero-order chi connectivity index (χ0) is 22.8. The molecule has 0 radical (unpaired) electrons. The van der Waals surface area contributed by atoms with Crippen molar-refractivity contribution >= 4 is 40.9 Å². The second kappa shape index (κ2) is 9.46. The molecule has 5 nitrogen and oxygen atoms in total. The van der Waals surface area contributed by atoms with Crippen molar-refractivity contribution in [3.05, 3.63) is 74.7 Å². The van der Waals surface area contributed by atoms with Crippen LogP contribution in [0.25, 0.3) is 0 Å². The molecule has 0 atom stereocenters. The van der Waals surface area contributed by atoms with Crippen LogP contribution in [0.3, 0.4) is 0 Å². The number of aryl methyl sites for hydroxylation is 3. The molecule has 0 saturated carbocycles. The molecule has 0 unspecified atom stereocenters. The first kappa shape index (κ1) is 23.4. The van der Waals surface area contributed by atoms with Crippen LogP contribution >= 0.6 is 35.0 Å². The van der Waals surface area contributed by atoms with Crippen LogP contribution in [0.2, 0.25) is 10.0 Å². The maximum Gasteiger partial charge on any atom is 0.290 e. The smallest absolute Gasteiger partial charge is 0.290 e. The summed E-state index contributed by atoms with van der Waals surface area (Å²) in [7, 11) is 0. The minimum atomic E-state index is -3.26. The first-order valence-electron chi connectivity index (χ1n) is 9.15. The van der Waals surface area contributed by atoms with Crippen molar-refractivity contribution in [1.82, 2.24) is 20.5 Å². The van der Waals surface area contributed by atoms with Gasteiger partial charge in [0.05, 0.1) is 11.6 Å². The Kier molecular flexibility index (Phi) is 7.13. The van der Waals surface area contributed by atoms with E-state index < -0.39 is 18.4 Å². The lowest BCUT2D eigenvalue weighted by Crippen LogP contribution is -2.36. The zero-order valence-electron chi connectivity index (χ0n) is 16.8. The Balaban J connectivity index is 1.83. The number of carbonyl (C=O) groups is 1.